The number of carbonyl (C=O) groups excluding carboxylic acids is 1. The highest BCUT2D eigenvalue weighted by atomic mass is 32.2. The van der Waals surface area contributed by atoms with E-state index in [0.29, 0.717) is 34.5 Å². The van der Waals surface area contributed by atoms with Gasteiger partial charge >= 0.3 is 5.97 Å². The monoisotopic (exact) mass is 545 g/mol. The maximum absolute atomic E-state index is 13.1. The van der Waals surface area contributed by atoms with Gasteiger partial charge in [-0.15, -0.1) is 0 Å². The Hall–Kier alpha value is -4.15. The Balaban J connectivity index is 1.26. The molecule has 1 aliphatic heterocycles. The first-order valence-corrected chi connectivity index (χ1v) is 13.0. The number of amides is 1. The van der Waals surface area contributed by atoms with Gasteiger partial charge in [0.05, 0.1) is 35.9 Å². The minimum Gasteiger partial charge on any atom is -0.496 e. The molecule has 2 heterocycles. The lowest BCUT2D eigenvalue weighted by Crippen LogP contribution is -2.29. The molecule has 5 rings (SSSR count). The van der Waals surface area contributed by atoms with E-state index in [0.717, 1.165) is 33.3 Å². The van der Waals surface area contributed by atoms with Crippen LogP contribution in [0, 0.1) is 0 Å². The van der Waals surface area contributed by atoms with Crippen LogP contribution in [0.1, 0.15) is 22.3 Å². The first kappa shape index (κ1) is 25.5. The molecule has 1 aromatic heterocycles. The van der Waals surface area contributed by atoms with E-state index in [-0.39, 0.29) is 11.5 Å². The van der Waals surface area contributed by atoms with Crippen molar-refractivity contribution >= 4 is 57.2 Å². The van der Waals surface area contributed by atoms with Gasteiger partial charge in [-0.3, -0.25) is 14.8 Å². The van der Waals surface area contributed by atoms with E-state index in [9.17, 15) is 9.59 Å². The average Bonchev–Trinajstić information content (AvgIpc) is 3.50. The number of carboxylic acids is 1. The largest absolute Gasteiger partial charge is 0.496 e. The van der Waals surface area contributed by atoms with Gasteiger partial charge in [0.15, 0.2) is 0 Å². The topological polar surface area (TPSA) is 105 Å². The van der Waals surface area contributed by atoms with E-state index < -0.39 is 5.97 Å². The van der Waals surface area contributed by atoms with Crippen LogP contribution in [0.2, 0.25) is 0 Å². The minimum atomic E-state index is -0.986. The number of thioether (sulfide) groups is 1. The summed E-state index contributed by atoms with van der Waals surface area (Å²) in [6.07, 6.45) is 4.20. The number of carbonyl (C=O) groups is 2. The van der Waals surface area contributed by atoms with Gasteiger partial charge in [-0.2, -0.15) is 5.10 Å². The van der Waals surface area contributed by atoms with Crippen molar-refractivity contribution in [1.29, 1.82) is 0 Å². The van der Waals surface area contributed by atoms with Crippen molar-refractivity contribution < 1.29 is 24.2 Å². The van der Waals surface area contributed by atoms with Crippen molar-refractivity contribution in [1.82, 2.24) is 15.1 Å². The van der Waals surface area contributed by atoms with E-state index in [1.165, 1.54) is 23.9 Å². The first-order valence-electron chi connectivity index (χ1n) is 11.8. The van der Waals surface area contributed by atoms with Crippen molar-refractivity contribution in [3.05, 3.63) is 82.9 Å². The fourth-order valence-corrected chi connectivity index (χ4v) is 5.41. The van der Waals surface area contributed by atoms with Crippen LogP contribution in [0.15, 0.2) is 71.8 Å². The summed E-state index contributed by atoms with van der Waals surface area (Å²) >= 11 is 6.75. The van der Waals surface area contributed by atoms with Crippen molar-refractivity contribution in [2.45, 2.75) is 6.42 Å². The van der Waals surface area contributed by atoms with E-state index in [2.05, 4.69) is 10.2 Å². The highest BCUT2D eigenvalue weighted by Crippen LogP contribution is 2.36. The molecule has 0 bridgehead atoms. The third-order valence-electron chi connectivity index (χ3n) is 6.04. The molecule has 0 spiro atoms. The summed E-state index contributed by atoms with van der Waals surface area (Å²) in [5.41, 5.74) is 3.91. The summed E-state index contributed by atoms with van der Waals surface area (Å²) < 4.78 is 11.8. The zero-order chi connectivity index (χ0) is 26.6. The van der Waals surface area contributed by atoms with Gasteiger partial charge in [0, 0.05) is 17.5 Å². The Morgan fingerprint density at radius 3 is 2.74 bits per heavy atom. The van der Waals surface area contributed by atoms with Crippen molar-refractivity contribution in [3.8, 4) is 22.6 Å². The summed E-state index contributed by atoms with van der Waals surface area (Å²) in [5, 5.41) is 17.0. The third-order valence-corrected chi connectivity index (χ3v) is 7.42. The number of hydrogen-bond donors (Lipinski definition) is 2. The number of methoxy groups -OCH3 is 1. The quantitative estimate of drug-likeness (QED) is 0.159. The second-order valence-electron chi connectivity index (χ2n) is 8.50. The van der Waals surface area contributed by atoms with Gasteiger partial charge in [-0.05, 0) is 72.2 Å². The Morgan fingerprint density at radius 2 is 1.97 bits per heavy atom. The Bertz CT molecular complexity index is 1560. The number of rotatable bonds is 9. The van der Waals surface area contributed by atoms with Crippen LogP contribution in [-0.2, 0) is 4.79 Å². The summed E-state index contributed by atoms with van der Waals surface area (Å²) in [6.45, 7) is 0.791. The van der Waals surface area contributed by atoms with Gasteiger partial charge in [-0.25, -0.2) is 4.79 Å². The molecule has 10 heteroatoms. The lowest BCUT2D eigenvalue weighted by Gasteiger charge is -2.14. The molecule has 38 heavy (non-hydrogen) atoms. The zero-order valence-electron chi connectivity index (χ0n) is 20.3. The fourth-order valence-electron chi connectivity index (χ4n) is 4.10. The van der Waals surface area contributed by atoms with Crippen LogP contribution in [-0.4, -0.2) is 56.7 Å². The highest BCUT2D eigenvalue weighted by Gasteiger charge is 2.31. The molecule has 0 saturated carbocycles. The second-order valence-corrected chi connectivity index (χ2v) is 10.2. The Kier molecular flexibility index (Phi) is 7.43. The first-order chi connectivity index (χ1) is 18.4. The van der Waals surface area contributed by atoms with Gasteiger partial charge in [0.2, 0.25) is 0 Å². The molecule has 2 N–H and O–H groups in total. The number of ether oxygens (including phenoxy) is 2. The number of aromatic amines is 1. The second kappa shape index (κ2) is 11.1. The summed E-state index contributed by atoms with van der Waals surface area (Å²) in [7, 11) is 1.63. The summed E-state index contributed by atoms with van der Waals surface area (Å²) in [6, 6.07) is 18.0. The van der Waals surface area contributed by atoms with E-state index >= 15 is 0 Å². The van der Waals surface area contributed by atoms with Crippen molar-refractivity contribution in [2.75, 3.05) is 20.3 Å². The SMILES string of the molecule is COc1ccc(/C=C2\SC(=S)N(CCCOc3ccc(C(=O)O)cc3)C2=O)cc1-c1ccc2[nH]ncc2c1. The van der Waals surface area contributed by atoms with Gasteiger partial charge in [-0.1, -0.05) is 36.1 Å². The smallest absolute Gasteiger partial charge is 0.335 e. The molecule has 4 aromatic rings. The minimum absolute atomic E-state index is 0.136. The Morgan fingerprint density at radius 1 is 1.16 bits per heavy atom. The van der Waals surface area contributed by atoms with E-state index in [1.807, 2.05) is 42.5 Å². The lowest BCUT2D eigenvalue weighted by molar-refractivity contribution is -0.122. The number of nitrogens with zero attached hydrogens (tertiary/aromatic N) is 2. The average molecular weight is 546 g/mol. The molecule has 0 atom stereocenters. The predicted molar refractivity (Wildman–Crippen MR) is 151 cm³/mol. The predicted octanol–water partition coefficient (Wildman–Crippen LogP) is 5.61. The van der Waals surface area contributed by atoms with Crippen molar-refractivity contribution in [2.24, 2.45) is 0 Å². The molecule has 1 amide bonds. The Labute approximate surface area is 228 Å². The molecule has 192 valence electrons. The number of thiocarbonyl (C=S) groups is 1. The standard InChI is InChI=1S/C28H23N3O5S2/c1-35-24-10-3-17(13-22(24)19-6-9-23-20(15-19)16-29-30-23)14-25-26(32)31(28(37)38-25)11-2-12-36-21-7-4-18(5-8-21)27(33)34/h3-10,13-16H,2,11-12H2,1H3,(H,29,30)(H,33,34)/b25-14-. The lowest BCUT2D eigenvalue weighted by atomic mass is 10.0. The molecule has 0 unspecified atom stereocenters. The molecule has 0 aliphatic carbocycles. The van der Waals surface area contributed by atoms with Crippen LogP contribution >= 0.6 is 24.0 Å². The molecule has 1 saturated heterocycles. The van der Waals surface area contributed by atoms with E-state index in [1.54, 1.807) is 30.3 Å². The van der Waals surface area contributed by atoms with Crippen LogP contribution in [0.3, 0.4) is 0 Å². The molecule has 3 aromatic carbocycles. The fraction of sp³-hybridized carbons (Fsp3) is 0.143. The number of aromatic nitrogens is 2. The molecular weight excluding hydrogens is 522 g/mol. The third kappa shape index (κ3) is 5.41. The zero-order valence-corrected chi connectivity index (χ0v) is 22.0. The molecule has 0 radical (unpaired) electrons. The maximum Gasteiger partial charge on any atom is 0.335 e. The van der Waals surface area contributed by atoms with Crippen LogP contribution in [0.4, 0.5) is 0 Å². The number of benzene rings is 3. The van der Waals surface area contributed by atoms with Gasteiger partial charge in [0.1, 0.15) is 15.8 Å². The number of nitrogens with one attached hydrogen (secondary N) is 1. The maximum atomic E-state index is 13.1. The molecular formula is C28H23N3O5S2. The number of H-pyrrole nitrogens is 1. The van der Waals surface area contributed by atoms with Crippen LogP contribution in [0.25, 0.3) is 28.1 Å². The molecule has 8 nitrogen and oxygen atoms in total. The summed E-state index contributed by atoms with van der Waals surface area (Å²) in [5.74, 6) is 0.182. The molecule has 1 aliphatic rings. The van der Waals surface area contributed by atoms with Crippen molar-refractivity contribution in [3.63, 3.8) is 0 Å². The molecule has 1 fully saturated rings. The number of carboxylic acid groups (broad SMARTS) is 1. The van der Waals surface area contributed by atoms with Gasteiger partial charge < -0.3 is 14.6 Å². The number of fused-ring (bicyclic) bond motifs is 1. The highest BCUT2D eigenvalue weighted by molar-refractivity contribution is 8.26. The number of aromatic carboxylic acids is 1. The number of hydrogen-bond acceptors (Lipinski definition) is 7. The van der Waals surface area contributed by atoms with Crippen LogP contribution in [0.5, 0.6) is 11.5 Å². The van der Waals surface area contributed by atoms with E-state index in [4.69, 9.17) is 26.8 Å². The van der Waals surface area contributed by atoms with Gasteiger partial charge in [0.25, 0.3) is 5.91 Å². The van der Waals surface area contributed by atoms with Crippen LogP contribution < -0.4 is 9.47 Å². The normalized spacial score (nSPS) is 14.4. The summed E-state index contributed by atoms with van der Waals surface area (Å²) in [4.78, 5) is 26.2.